The zero-order valence-corrected chi connectivity index (χ0v) is 13.5. The number of likely N-dealkylation sites (tertiary alicyclic amines) is 2. The lowest BCUT2D eigenvalue weighted by atomic mass is 10.00. The number of carbonyl (C=O) groups is 2. The van der Waals surface area contributed by atoms with Gasteiger partial charge in [-0.05, 0) is 40.0 Å². The molecule has 22 heavy (non-hydrogen) atoms. The van der Waals surface area contributed by atoms with Crippen LogP contribution in [-0.4, -0.2) is 63.6 Å². The molecule has 2 heterocycles. The van der Waals surface area contributed by atoms with E-state index in [-0.39, 0.29) is 23.8 Å². The summed E-state index contributed by atoms with van der Waals surface area (Å²) in [5.74, 6) is -0.218. The molecule has 0 aromatic heterocycles. The lowest BCUT2D eigenvalue weighted by Crippen LogP contribution is -2.55. The Morgan fingerprint density at radius 2 is 2.05 bits per heavy atom. The van der Waals surface area contributed by atoms with Crippen LogP contribution in [0.15, 0.2) is 0 Å². The van der Waals surface area contributed by atoms with Gasteiger partial charge in [-0.2, -0.15) is 4.79 Å². The van der Waals surface area contributed by atoms with Gasteiger partial charge in [0.15, 0.2) is 0 Å². The standard InChI is InChI=1S/C15H24N4O3/c1-15(2,3)22-14(21)18-8-4-6-11(10-18)19-9-5-7-12(17-16)13(19)20/h11H,4-10H2,1-3H3. The summed E-state index contributed by atoms with van der Waals surface area (Å²) in [5.41, 5.74) is 8.58. The molecule has 0 bridgehead atoms. The van der Waals surface area contributed by atoms with Crippen LogP contribution in [0.4, 0.5) is 4.79 Å². The van der Waals surface area contributed by atoms with Crippen molar-refractivity contribution >= 4 is 17.7 Å². The molecule has 2 aliphatic heterocycles. The molecular formula is C15H24N4O3. The van der Waals surface area contributed by atoms with Crippen LogP contribution in [-0.2, 0) is 9.53 Å². The minimum absolute atomic E-state index is 0.0363. The van der Waals surface area contributed by atoms with Gasteiger partial charge in [0.2, 0.25) is 0 Å². The summed E-state index contributed by atoms with van der Waals surface area (Å²) in [6.07, 6.45) is 2.64. The van der Waals surface area contributed by atoms with Gasteiger partial charge in [-0.3, -0.25) is 4.79 Å². The van der Waals surface area contributed by atoms with Crippen molar-refractivity contribution in [2.75, 3.05) is 19.6 Å². The molecule has 7 heteroatoms. The van der Waals surface area contributed by atoms with E-state index in [0.717, 1.165) is 19.3 Å². The molecule has 1 atom stereocenters. The Kier molecular flexibility index (Phi) is 4.86. The van der Waals surface area contributed by atoms with Crippen LogP contribution >= 0.6 is 0 Å². The SMILES string of the molecule is CC(C)(C)OC(=O)N1CCCC(N2CCCC(=[N+]=[N-])C2=O)C1. The summed E-state index contributed by atoms with van der Waals surface area (Å²) in [5, 5.41) is 0. The Morgan fingerprint density at radius 1 is 1.32 bits per heavy atom. The Labute approximate surface area is 130 Å². The van der Waals surface area contributed by atoms with Crippen molar-refractivity contribution in [1.82, 2.24) is 9.80 Å². The predicted octanol–water partition coefficient (Wildman–Crippen LogP) is 1.68. The molecular weight excluding hydrogens is 284 g/mol. The van der Waals surface area contributed by atoms with Crippen LogP contribution in [0.2, 0.25) is 0 Å². The number of hydrogen-bond donors (Lipinski definition) is 0. The second kappa shape index (κ2) is 6.48. The predicted molar refractivity (Wildman–Crippen MR) is 80.4 cm³/mol. The molecule has 1 unspecified atom stereocenters. The van der Waals surface area contributed by atoms with Crippen LogP contribution < -0.4 is 0 Å². The fourth-order valence-corrected chi connectivity index (χ4v) is 2.93. The minimum Gasteiger partial charge on any atom is -0.444 e. The average molecular weight is 308 g/mol. The lowest BCUT2D eigenvalue weighted by Gasteiger charge is -2.40. The van der Waals surface area contributed by atoms with Gasteiger partial charge in [0, 0.05) is 19.6 Å². The Bertz CT molecular complexity index is 505. The van der Waals surface area contributed by atoms with Crippen molar-refractivity contribution in [1.29, 1.82) is 0 Å². The van der Waals surface area contributed by atoms with Crippen LogP contribution in [0.1, 0.15) is 46.5 Å². The monoisotopic (exact) mass is 308 g/mol. The molecule has 0 radical (unpaired) electrons. The maximum atomic E-state index is 12.3. The maximum absolute atomic E-state index is 12.3. The van der Waals surface area contributed by atoms with E-state index in [4.69, 9.17) is 10.3 Å². The fourth-order valence-electron chi connectivity index (χ4n) is 2.93. The summed E-state index contributed by atoms with van der Waals surface area (Å²) in [4.78, 5) is 30.9. The highest BCUT2D eigenvalue weighted by Crippen LogP contribution is 2.21. The first-order valence-corrected chi connectivity index (χ1v) is 7.81. The number of hydrogen-bond acceptors (Lipinski definition) is 3. The molecule has 2 amide bonds. The summed E-state index contributed by atoms with van der Waals surface area (Å²) >= 11 is 0. The molecule has 122 valence electrons. The molecule has 2 rings (SSSR count). The highest BCUT2D eigenvalue weighted by Gasteiger charge is 2.38. The lowest BCUT2D eigenvalue weighted by molar-refractivity contribution is -0.134. The van der Waals surface area contributed by atoms with E-state index < -0.39 is 5.60 Å². The topological polar surface area (TPSA) is 86.2 Å². The van der Waals surface area contributed by atoms with E-state index in [0.29, 0.717) is 26.1 Å². The quantitative estimate of drug-likeness (QED) is 0.545. The van der Waals surface area contributed by atoms with Gasteiger partial charge in [-0.15, -0.1) is 0 Å². The molecule has 2 saturated heterocycles. The highest BCUT2D eigenvalue weighted by atomic mass is 16.6. The Hall–Kier alpha value is -1.88. The van der Waals surface area contributed by atoms with Gasteiger partial charge in [0.1, 0.15) is 5.60 Å². The van der Waals surface area contributed by atoms with Gasteiger partial charge in [-0.25, -0.2) is 4.79 Å². The largest absolute Gasteiger partial charge is 0.444 e. The number of amides is 2. The van der Waals surface area contributed by atoms with E-state index >= 15 is 0 Å². The molecule has 0 spiro atoms. The molecule has 0 aliphatic carbocycles. The van der Waals surface area contributed by atoms with Crippen LogP contribution in [0.25, 0.3) is 5.53 Å². The molecule has 0 aromatic carbocycles. The van der Waals surface area contributed by atoms with E-state index in [1.165, 1.54) is 0 Å². The average Bonchev–Trinajstić information content (AvgIpc) is 2.46. The van der Waals surface area contributed by atoms with E-state index in [1.807, 2.05) is 20.8 Å². The maximum Gasteiger partial charge on any atom is 0.410 e. The van der Waals surface area contributed by atoms with Crippen molar-refractivity contribution in [3.05, 3.63) is 5.53 Å². The zero-order chi connectivity index (χ0) is 16.3. The van der Waals surface area contributed by atoms with Crippen molar-refractivity contribution in [3.8, 4) is 0 Å². The van der Waals surface area contributed by atoms with E-state index in [1.54, 1.807) is 9.80 Å². The number of carbonyl (C=O) groups excluding carboxylic acids is 2. The third-order valence-corrected chi connectivity index (χ3v) is 3.93. The number of nitrogens with zero attached hydrogens (tertiary/aromatic N) is 4. The smallest absolute Gasteiger partial charge is 0.410 e. The normalized spacial score (nSPS) is 23.3. The first kappa shape index (κ1) is 16.5. The van der Waals surface area contributed by atoms with Crippen LogP contribution in [0.3, 0.4) is 0 Å². The van der Waals surface area contributed by atoms with Crippen molar-refractivity contribution in [2.45, 2.75) is 58.1 Å². The van der Waals surface area contributed by atoms with Crippen molar-refractivity contribution < 1.29 is 19.1 Å². The summed E-state index contributed by atoms with van der Waals surface area (Å²) in [7, 11) is 0. The second-order valence-corrected chi connectivity index (χ2v) is 6.87. The molecule has 0 N–H and O–H groups in total. The van der Waals surface area contributed by atoms with E-state index in [9.17, 15) is 9.59 Å². The van der Waals surface area contributed by atoms with Crippen molar-refractivity contribution in [3.63, 3.8) is 0 Å². The molecule has 2 aliphatic rings. The van der Waals surface area contributed by atoms with Crippen molar-refractivity contribution in [2.24, 2.45) is 0 Å². The zero-order valence-electron chi connectivity index (χ0n) is 13.5. The summed E-state index contributed by atoms with van der Waals surface area (Å²) in [6.45, 7) is 7.28. The number of ether oxygens (including phenoxy) is 1. The third-order valence-electron chi connectivity index (χ3n) is 3.93. The third kappa shape index (κ3) is 3.85. The van der Waals surface area contributed by atoms with E-state index in [2.05, 4.69) is 4.79 Å². The first-order chi connectivity index (χ1) is 10.3. The Balaban J connectivity index is 2.02. The van der Waals surface area contributed by atoms with Gasteiger partial charge in [-0.1, -0.05) is 0 Å². The highest BCUT2D eigenvalue weighted by molar-refractivity contribution is 6.36. The Morgan fingerprint density at radius 3 is 2.68 bits per heavy atom. The summed E-state index contributed by atoms with van der Waals surface area (Å²) in [6, 6.07) is -0.0363. The second-order valence-electron chi connectivity index (χ2n) is 6.87. The molecule has 7 nitrogen and oxygen atoms in total. The number of rotatable bonds is 1. The molecule has 0 aromatic rings. The summed E-state index contributed by atoms with van der Waals surface area (Å²) < 4.78 is 5.40. The van der Waals surface area contributed by atoms with Crippen LogP contribution in [0, 0.1) is 0 Å². The van der Waals surface area contributed by atoms with Gasteiger partial charge in [0.05, 0.1) is 12.5 Å². The van der Waals surface area contributed by atoms with Gasteiger partial charge < -0.3 is 20.1 Å². The molecule has 2 fully saturated rings. The minimum atomic E-state index is -0.526. The van der Waals surface area contributed by atoms with Gasteiger partial charge in [0.25, 0.3) is 0 Å². The molecule has 0 saturated carbocycles. The van der Waals surface area contributed by atoms with Crippen LogP contribution in [0.5, 0.6) is 0 Å². The van der Waals surface area contributed by atoms with Gasteiger partial charge >= 0.3 is 17.7 Å². The fraction of sp³-hybridized carbons (Fsp3) is 0.800. The first-order valence-electron chi connectivity index (χ1n) is 7.81. The number of piperidine rings is 2.